The van der Waals surface area contributed by atoms with Crippen LogP contribution in [0.4, 0.5) is 0 Å². The van der Waals surface area contributed by atoms with Crippen molar-refractivity contribution in [3.63, 3.8) is 0 Å². The van der Waals surface area contributed by atoms with Gasteiger partial charge in [-0.3, -0.25) is 0 Å². The summed E-state index contributed by atoms with van der Waals surface area (Å²) in [6, 6.07) is 5.28. The lowest BCUT2D eigenvalue weighted by molar-refractivity contribution is 0.0749. The lowest BCUT2D eigenvalue weighted by Crippen LogP contribution is -2.54. The van der Waals surface area contributed by atoms with Gasteiger partial charge in [-0.25, -0.2) is 0 Å². The molecule has 1 saturated carbocycles. The maximum atomic E-state index is 9.91. The number of halogens is 1. The number of phenolic OH excluding ortho intramolecular Hbond substituents is 1. The second-order valence-corrected chi connectivity index (χ2v) is 7.07. The van der Waals surface area contributed by atoms with Gasteiger partial charge in [0.15, 0.2) is 0 Å². The number of phenols is 1. The molecule has 1 aliphatic carbocycles. The van der Waals surface area contributed by atoms with Gasteiger partial charge in [0.25, 0.3) is 0 Å². The van der Waals surface area contributed by atoms with E-state index in [9.17, 15) is 5.11 Å². The number of nitrogens with one attached hydrogen (secondary N) is 1. The number of likely N-dealkylation sites (N-methyl/N-ethyl adjacent to an activating group) is 1. The molecule has 1 aromatic rings. The molecule has 0 amide bonds. The molecule has 2 unspecified atom stereocenters. The van der Waals surface area contributed by atoms with E-state index in [2.05, 4.69) is 31.2 Å². The third-order valence-corrected chi connectivity index (χ3v) is 5.22. The Bertz CT molecular complexity index is 458. The number of aromatic hydroxyl groups is 1. The van der Waals surface area contributed by atoms with E-state index in [-0.39, 0.29) is 11.3 Å². The van der Waals surface area contributed by atoms with Gasteiger partial charge in [0, 0.05) is 29.2 Å². The Morgan fingerprint density at radius 1 is 1.43 bits per heavy atom. The van der Waals surface area contributed by atoms with Crippen LogP contribution in [-0.2, 0) is 6.54 Å². The van der Waals surface area contributed by atoms with E-state index in [1.54, 1.807) is 12.1 Å². The fourth-order valence-corrected chi connectivity index (χ4v) is 3.74. The Morgan fingerprint density at radius 2 is 2.19 bits per heavy atom. The third-order valence-electron chi connectivity index (χ3n) is 4.87. The highest BCUT2D eigenvalue weighted by molar-refractivity contribution is 6.31. The van der Waals surface area contributed by atoms with E-state index in [0.29, 0.717) is 11.6 Å². The van der Waals surface area contributed by atoms with E-state index in [0.717, 1.165) is 18.0 Å². The average molecular weight is 311 g/mol. The molecule has 0 aliphatic heterocycles. The summed E-state index contributed by atoms with van der Waals surface area (Å²) in [6.07, 6.45) is 5.08. The Hall–Kier alpha value is -0.770. The molecule has 0 saturated heterocycles. The Labute approximate surface area is 133 Å². The molecule has 1 aromatic carbocycles. The standard InChI is InChI=1S/C17H27ClN2O/c1-13-6-5-9-17(10-13,20(2)3)12-19-11-14-15(18)7-4-8-16(14)21/h4,7-8,13,19,21H,5-6,9-12H2,1-3H3. The summed E-state index contributed by atoms with van der Waals surface area (Å²) in [5, 5.41) is 14.0. The lowest BCUT2D eigenvalue weighted by atomic mass is 9.75. The highest BCUT2D eigenvalue weighted by Gasteiger charge is 2.36. The van der Waals surface area contributed by atoms with Crippen molar-refractivity contribution in [1.82, 2.24) is 10.2 Å². The molecule has 118 valence electrons. The van der Waals surface area contributed by atoms with Crippen molar-refractivity contribution in [1.29, 1.82) is 0 Å². The van der Waals surface area contributed by atoms with Crippen molar-refractivity contribution >= 4 is 11.6 Å². The van der Waals surface area contributed by atoms with Gasteiger partial charge >= 0.3 is 0 Å². The van der Waals surface area contributed by atoms with Crippen LogP contribution < -0.4 is 5.32 Å². The molecular formula is C17H27ClN2O. The van der Waals surface area contributed by atoms with Crippen molar-refractivity contribution in [2.45, 2.75) is 44.7 Å². The minimum absolute atomic E-state index is 0.217. The largest absolute Gasteiger partial charge is 0.508 e. The van der Waals surface area contributed by atoms with Crippen LogP contribution in [0, 0.1) is 5.92 Å². The number of hydrogen-bond acceptors (Lipinski definition) is 3. The molecule has 2 atom stereocenters. The van der Waals surface area contributed by atoms with Gasteiger partial charge in [-0.2, -0.15) is 0 Å². The van der Waals surface area contributed by atoms with Gasteiger partial charge in [0.05, 0.1) is 0 Å². The van der Waals surface area contributed by atoms with E-state index >= 15 is 0 Å². The fraction of sp³-hybridized carbons (Fsp3) is 0.647. The number of rotatable bonds is 5. The summed E-state index contributed by atoms with van der Waals surface area (Å²) in [7, 11) is 4.35. The van der Waals surface area contributed by atoms with Gasteiger partial charge < -0.3 is 15.3 Å². The first-order valence-electron chi connectivity index (χ1n) is 7.79. The summed E-state index contributed by atoms with van der Waals surface area (Å²) in [5.41, 5.74) is 1.01. The van der Waals surface area contributed by atoms with Crippen LogP contribution in [0.3, 0.4) is 0 Å². The molecule has 0 aromatic heterocycles. The van der Waals surface area contributed by atoms with Crippen molar-refractivity contribution in [2.24, 2.45) is 5.92 Å². The van der Waals surface area contributed by atoms with Crippen molar-refractivity contribution < 1.29 is 5.11 Å². The smallest absolute Gasteiger partial charge is 0.121 e. The minimum Gasteiger partial charge on any atom is -0.508 e. The third kappa shape index (κ3) is 3.91. The first-order chi connectivity index (χ1) is 9.94. The highest BCUT2D eigenvalue weighted by atomic mass is 35.5. The van der Waals surface area contributed by atoms with Crippen molar-refractivity contribution in [3.8, 4) is 5.75 Å². The maximum absolute atomic E-state index is 9.91. The molecule has 2 rings (SSSR count). The number of benzene rings is 1. The van der Waals surface area contributed by atoms with E-state index in [1.165, 1.54) is 25.7 Å². The molecule has 0 heterocycles. The lowest BCUT2D eigenvalue weighted by Gasteiger charge is -2.45. The summed E-state index contributed by atoms with van der Waals surface area (Å²) in [5.74, 6) is 1.04. The van der Waals surface area contributed by atoms with E-state index < -0.39 is 0 Å². The summed E-state index contributed by atoms with van der Waals surface area (Å²) < 4.78 is 0. The molecule has 2 N–H and O–H groups in total. The van der Waals surface area contributed by atoms with Gasteiger partial charge in [-0.05, 0) is 45.0 Å². The topological polar surface area (TPSA) is 35.5 Å². The minimum atomic E-state index is 0.217. The molecular weight excluding hydrogens is 284 g/mol. The maximum Gasteiger partial charge on any atom is 0.121 e. The predicted octanol–water partition coefficient (Wildman–Crippen LogP) is 3.65. The Balaban J connectivity index is 2.00. The number of nitrogens with zero attached hydrogens (tertiary/aromatic N) is 1. The second-order valence-electron chi connectivity index (χ2n) is 6.66. The summed E-state index contributed by atoms with van der Waals surface area (Å²) >= 11 is 6.16. The molecule has 1 fully saturated rings. The van der Waals surface area contributed by atoms with Crippen LogP contribution in [0.2, 0.25) is 5.02 Å². The van der Waals surface area contributed by atoms with Crippen LogP contribution in [-0.4, -0.2) is 36.2 Å². The average Bonchev–Trinajstić information content (AvgIpc) is 2.42. The Kier molecular flexibility index (Phi) is 5.53. The normalized spacial score (nSPS) is 26.2. The van der Waals surface area contributed by atoms with Crippen molar-refractivity contribution in [2.75, 3.05) is 20.6 Å². The zero-order valence-electron chi connectivity index (χ0n) is 13.3. The quantitative estimate of drug-likeness (QED) is 0.871. The van der Waals surface area contributed by atoms with Crippen LogP contribution in [0.5, 0.6) is 5.75 Å². The predicted molar refractivity (Wildman–Crippen MR) is 88.9 cm³/mol. The van der Waals surface area contributed by atoms with E-state index in [1.807, 2.05) is 6.07 Å². The first-order valence-corrected chi connectivity index (χ1v) is 8.17. The van der Waals surface area contributed by atoms with Crippen LogP contribution >= 0.6 is 11.6 Å². The summed E-state index contributed by atoms with van der Waals surface area (Å²) in [6.45, 7) is 3.88. The molecule has 4 heteroatoms. The molecule has 3 nitrogen and oxygen atoms in total. The molecule has 21 heavy (non-hydrogen) atoms. The van der Waals surface area contributed by atoms with Crippen LogP contribution in [0.15, 0.2) is 18.2 Å². The highest BCUT2D eigenvalue weighted by Crippen LogP contribution is 2.35. The zero-order valence-corrected chi connectivity index (χ0v) is 14.1. The second kappa shape index (κ2) is 6.99. The number of hydrogen-bond donors (Lipinski definition) is 2. The molecule has 0 bridgehead atoms. The fourth-order valence-electron chi connectivity index (χ4n) is 3.50. The van der Waals surface area contributed by atoms with Gasteiger partial charge in [0.1, 0.15) is 5.75 Å². The SMILES string of the molecule is CC1CCCC(CNCc2c(O)cccc2Cl)(N(C)C)C1. The van der Waals surface area contributed by atoms with Crippen molar-refractivity contribution in [3.05, 3.63) is 28.8 Å². The van der Waals surface area contributed by atoms with Gasteiger partial charge in [-0.15, -0.1) is 0 Å². The van der Waals surface area contributed by atoms with E-state index in [4.69, 9.17) is 11.6 Å². The first kappa shape index (κ1) is 16.6. The monoisotopic (exact) mass is 310 g/mol. The molecule has 0 radical (unpaired) electrons. The molecule has 1 aliphatic rings. The summed E-state index contributed by atoms with van der Waals surface area (Å²) in [4.78, 5) is 2.36. The van der Waals surface area contributed by atoms with Gasteiger partial charge in [-0.1, -0.05) is 37.4 Å². The van der Waals surface area contributed by atoms with Crippen LogP contribution in [0.25, 0.3) is 0 Å². The van der Waals surface area contributed by atoms with Crippen LogP contribution in [0.1, 0.15) is 38.2 Å². The zero-order chi connectivity index (χ0) is 15.5. The Morgan fingerprint density at radius 3 is 2.81 bits per heavy atom. The van der Waals surface area contributed by atoms with Gasteiger partial charge in [0.2, 0.25) is 0 Å². The molecule has 0 spiro atoms.